The molecule has 0 unspecified atom stereocenters. The topological polar surface area (TPSA) is 125 Å². The number of anilines is 4. The molecule has 2 amide bonds. The summed E-state index contributed by atoms with van der Waals surface area (Å²) in [4.78, 5) is 26.7. The van der Waals surface area contributed by atoms with Crippen LogP contribution in [-0.4, -0.2) is 51.8 Å². The lowest BCUT2D eigenvalue weighted by atomic mass is 10.1. The Morgan fingerprint density at radius 3 is 2.00 bits per heavy atom. The van der Waals surface area contributed by atoms with Crippen molar-refractivity contribution in [2.45, 2.75) is 19.3 Å². The van der Waals surface area contributed by atoms with Crippen LogP contribution >= 0.6 is 22.7 Å². The van der Waals surface area contributed by atoms with Crippen LogP contribution < -0.4 is 20.9 Å². The molecular formula is C25H26N8O2S2. The molecule has 12 heteroatoms. The first-order valence-corrected chi connectivity index (χ1v) is 13.6. The van der Waals surface area contributed by atoms with E-state index in [9.17, 15) is 9.59 Å². The molecule has 0 radical (unpaired) electrons. The van der Waals surface area contributed by atoms with E-state index in [1.165, 1.54) is 22.7 Å². The fourth-order valence-corrected chi connectivity index (χ4v) is 5.50. The number of amides is 2. The van der Waals surface area contributed by atoms with E-state index in [0.717, 1.165) is 42.3 Å². The lowest BCUT2D eigenvalue weighted by Gasteiger charge is -2.14. The zero-order valence-electron chi connectivity index (χ0n) is 20.0. The van der Waals surface area contributed by atoms with Gasteiger partial charge in [0.05, 0.1) is 12.8 Å². The Morgan fingerprint density at radius 1 is 0.784 bits per heavy atom. The molecule has 1 atom stereocenters. The van der Waals surface area contributed by atoms with Crippen molar-refractivity contribution in [3.8, 4) is 0 Å². The Bertz CT molecular complexity index is 1330. The molecule has 2 aromatic heterocycles. The second-order valence-corrected chi connectivity index (χ2v) is 10.6. The van der Waals surface area contributed by atoms with Gasteiger partial charge in [0, 0.05) is 19.6 Å². The SMILES string of the molecule is O=C(Cc1ccccc1)Nc1nnc(NC[C@H]2CCN(c3nnc(NC(=O)Cc4ccccc4)s3)C2)s1. The maximum Gasteiger partial charge on any atom is 0.230 e. The summed E-state index contributed by atoms with van der Waals surface area (Å²) in [6, 6.07) is 19.2. The molecule has 1 fully saturated rings. The summed E-state index contributed by atoms with van der Waals surface area (Å²) in [7, 11) is 0. The quantitative estimate of drug-likeness (QED) is 0.281. The molecule has 0 aliphatic carbocycles. The summed E-state index contributed by atoms with van der Waals surface area (Å²) in [5.74, 6) is 0.179. The number of aromatic nitrogens is 4. The van der Waals surface area contributed by atoms with Gasteiger partial charge in [0.1, 0.15) is 0 Å². The molecule has 3 N–H and O–H groups in total. The molecule has 0 saturated carbocycles. The molecule has 1 saturated heterocycles. The second kappa shape index (κ2) is 11.9. The van der Waals surface area contributed by atoms with E-state index in [1.54, 1.807) is 0 Å². The number of hydrogen-bond acceptors (Lipinski definition) is 10. The highest BCUT2D eigenvalue weighted by atomic mass is 32.1. The summed E-state index contributed by atoms with van der Waals surface area (Å²) < 4.78 is 0. The van der Waals surface area contributed by atoms with E-state index >= 15 is 0 Å². The first-order valence-electron chi connectivity index (χ1n) is 11.9. The lowest BCUT2D eigenvalue weighted by Crippen LogP contribution is -2.22. The minimum atomic E-state index is -0.118. The van der Waals surface area contributed by atoms with Crippen molar-refractivity contribution in [2.75, 3.05) is 40.5 Å². The van der Waals surface area contributed by atoms with E-state index in [-0.39, 0.29) is 11.8 Å². The third kappa shape index (κ3) is 7.08. The lowest BCUT2D eigenvalue weighted by molar-refractivity contribution is -0.116. The Hall–Kier alpha value is -3.90. The van der Waals surface area contributed by atoms with Crippen LogP contribution in [0.3, 0.4) is 0 Å². The molecule has 1 aliphatic heterocycles. The van der Waals surface area contributed by atoms with Gasteiger partial charge < -0.3 is 20.9 Å². The van der Waals surface area contributed by atoms with E-state index in [1.807, 2.05) is 60.7 Å². The van der Waals surface area contributed by atoms with Crippen molar-refractivity contribution in [2.24, 2.45) is 5.92 Å². The van der Waals surface area contributed by atoms with Gasteiger partial charge in [-0.2, -0.15) is 0 Å². The maximum atomic E-state index is 12.3. The standard InChI is InChI=1S/C25H26N8O2S2/c34-20(13-17-7-3-1-4-8-17)27-23-30-29-22(36-23)26-15-19-11-12-33(16-19)25-32-31-24(37-25)28-21(35)14-18-9-5-2-6-10-18/h1-10,19H,11-16H2,(H,26,29)(H,27,30,34)(H,28,31,35)/t19-/m1/s1. The smallest absolute Gasteiger partial charge is 0.230 e. The van der Waals surface area contributed by atoms with Gasteiger partial charge in [-0.15, -0.1) is 20.4 Å². The normalized spacial score (nSPS) is 14.9. The maximum absolute atomic E-state index is 12.3. The predicted molar refractivity (Wildman–Crippen MR) is 146 cm³/mol. The van der Waals surface area contributed by atoms with Gasteiger partial charge in [-0.25, -0.2) is 0 Å². The molecule has 190 valence electrons. The number of hydrogen-bond donors (Lipinski definition) is 3. The molecule has 1 aliphatic rings. The van der Waals surface area contributed by atoms with E-state index < -0.39 is 0 Å². The van der Waals surface area contributed by atoms with Gasteiger partial charge in [0.2, 0.25) is 32.3 Å². The Morgan fingerprint density at radius 2 is 1.35 bits per heavy atom. The fraction of sp³-hybridized carbons (Fsp3) is 0.280. The highest BCUT2D eigenvalue weighted by Gasteiger charge is 2.25. The van der Waals surface area contributed by atoms with Gasteiger partial charge in [-0.05, 0) is 23.5 Å². The molecule has 10 nitrogen and oxygen atoms in total. The van der Waals surface area contributed by atoms with Crippen molar-refractivity contribution in [1.82, 2.24) is 20.4 Å². The third-order valence-electron chi connectivity index (χ3n) is 5.85. The largest absolute Gasteiger partial charge is 0.360 e. The fourth-order valence-electron chi connectivity index (χ4n) is 4.03. The van der Waals surface area contributed by atoms with Crippen LogP contribution in [0.25, 0.3) is 0 Å². The van der Waals surface area contributed by atoms with Crippen LogP contribution in [0.4, 0.5) is 20.5 Å². The van der Waals surface area contributed by atoms with Gasteiger partial charge in [0.15, 0.2) is 0 Å². The van der Waals surface area contributed by atoms with Crippen LogP contribution in [0.1, 0.15) is 17.5 Å². The molecule has 0 bridgehead atoms. The van der Waals surface area contributed by atoms with E-state index in [2.05, 4.69) is 41.2 Å². The van der Waals surface area contributed by atoms with E-state index in [4.69, 9.17) is 0 Å². The van der Waals surface area contributed by atoms with Crippen molar-refractivity contribution < 1.29 is 9.59 Å². The number of carbonyl (C=O) groups is 2. The van der Waals surface area contributed by atoms with Crippen LogP contribution in [-0.2, 0) is 22.4 Å². The number of benzene rings is 2. The Kier molecular flexibility index (Phi) is 7.96. The summed E-state index contributed by atoms with van der Waals surface area (Å²) in [6.07, 6.45) is 1.60. The predicted octanol–water partition coefficient (Wildman–Crippen LogP) is 3.69. The Balaban J connectivity index is 1.05. The minimum absolute atomic E-state index is 0.106. The zero-order chi connectivity index (χ0) is 25.5. The summed E-state index contributed by atoms with van der Waals surface area (Å²) in [5, 5.41) is 28.1. The van der Waals surface area contributed by atoms with Gasteiger partial charge in [-0.3, -0.25) is 9.59 Å². The van der Waals surface area contributed by atoms with Crippen LogP contribution in [0, 0.1) is 5.92 Å². The summed E-state index contributed by atoms with van der Waals surface area (Å²) in [5.41, 5.74) is 1.91. The van der Waals surface area contributed by atoms with Crippen molar-refractivity contribution in [3.63, 3.8) is 0 Å². The average molecular weight is 535 g/mol. The first-order chi connectivity index (χ1) is 18.1. The summed E-state index contributed by atoms with van der Waals surface area (Å²) >= 11 is 2.71. The molecule has 5 rings (SSSR count). The Labute approximate surface area is 222 Å². The first kappa shape index (κ1) is 24.8. The number of rotatable bonds is 10. The molecule has 2 aromatic carbocycles. The van der Waals surface area contributed by atoms with Gasteiger partial charge in [0.25, 0.3) is 0 Å². The van der Waals surface area contributed by atoms with Gasteiger partial charge >= 0.3 is 0 Å². The van der Waals surface area contributed by atoms with Crippen molar-refractivity contribution in [1.29, 1.82) is 0 Å². The summed E-state index contributed by atoms with van der Waals surface area (Å²) in [6.45, 7) is 2.44. The van der Waals surface area contributed by atoms with Crippen LogP contribution in [0.5, 0.6) is 0 Å². The van der Waals surface area contributed by atoms with Gasteiger partial charge in [-0.1, -0.05) is 83.3 Å². The molecular weight excluding hydrogens is 508 g/mol. The van der Waals surface area contributed by atoms with E-state index in [0.29, 0.717) is 34.2 Å². The molecule has 37 heavy (non-hydrogen) atoms. The number of nitrogens with one attached hydrogen (secondary N) is 3. The zero-order valence-corrected chi connectivity index (χ0v) is 21.6. The van der Waals surface area contributed by atoms with Crippen LogP contribution in [0.2, 0.25) is 0 Å². The minimum Gasteiger partial charge on any atom is -0.360 e. The van der Waals surface area contributed by atoms with Crippen molar-refractivity contribution in [3.05, 3.63) is 71.8 Å². The highest BCUT2D eigenvalue weighted by molar-refractivity contribution is 7.19. The monoisotopic (exact) mass is 534 g/mol. The second-order valence-electron chi connectivity index (χ2n) is 8.70. The molecule has 3 heterocycles. The molecule has 0 spiro atoms. The number of nitrogens with zero attached hydrogens (tertiary/aromatic N) is 5. The van der Waals surface area contributed by atoms with Crippen molar-refractivity contribution >= 4 is 55.0 Å². The van der Waals surface area contributed by atoms with Crippen LogP contribution in [0.15, 0.2) is 60.7 Å². The third-order valence-corrected chi connectivity index (χ3v) is 7.54. The molecule has 4 aromatic rings. The average Bonchev–Trinajstić information content (AvgIpc) is 3.65. The highest BCUT2D eigenvalue weighted by Crippen LogP contribution is 2.29. The number of carbonyl (C=O) groups excluding carboxylic acids is 2.